The Morgan fingerprint density at radius 1 is 1.35 bits per heavy atom. The summed E-state index contributed by atoms with van der Waals surface area (Å²) in [6, 6.07) is 7.04. The van der Waals surface area contributed by atoms with Gasteiger partial charge < -0.3 is 5.73 Å². The molecule has 0 saturated carbocycles. The quantitative estimate of drug-likeness (QED) is 0.922. The molecule has 6 heteroatoms. The highest BCUT2D eigenvalue weighted by atomic mass is 32.2. The largest absolute Gasteiger partial charge is 0.330 e. The number of rotatable bonds is 3. The van der Waals surface area contributed by atoms with Gasteiger partial charge in [0, 0.05) is 36.3 Å². The van der Waals surface area contributed by atoms with Crippen molar-refractivity contribution in [3.63, 3.8) is 0 Å². The topological polar surface area (TPSA) is 76.3 Å². The second kappa shape index (κ2) is 5.12. The first-order valence-electron chi connectivity index (χ1n) is 6.66. The SMILES string of the molecule is NC[C@H]1CCN(S(=O)(=O)c2cccc3cnccc23)C1. The number of benzene rings is 1. The van der Waals surface area contributed by atoms with E-state index in [-0.39, 0.29) is 5.92 Å². The van der Waals surface area contributed by atoms with Crippen molar-refractivity contribution in [2.45, 2.75) is 11.3 Å². The fourth-order valence-electron chi connectivity index (χ4n) is 2.66. The molecule has 0 amide bonds. The molecule has 2 N–H and O–H groups in total. The first kappa shape index (κ1) is 13.5. The fourth-order valence-corrected chi connectivity index (χ4v) is 4.41. The minimum atomic E-state index is -3.46. The lowest BCUT2D eigenvalue weighted by atomic mass is 10.1. The zero-order valence-electron chi connectivity index (χ0n) is 11.1. The average molecular weight is 291 g/mol. The molecule has 20 heavy (non-hydrogen) atoms. The van der Waals surface area contributed by atoms with Gasteiger partial charge in [0.2, 0.25) is 10.0 Å². The molecule has 1 atom stereocenters. The van der Waals surface area contributed by atoms with Crippen LogP contribution in [0.25, 0.3) is 10.8 Å². The Morgan fingerprint density at radius 2 is 2.20 bits per heavy atom. The number of hydrogen-bond donors (Lipinski definition) is 1. The van der Waals surface area contributed by atoms with E-state index in [0.29, 0.717) is 24.5 Å². The molecule has 3 rings (SSSR count). The summed E-state index contributed by atoms with van der Waals surface area (Å²) < 4.78 is 27.1. The third kappa shape index (κ3) is 2.19. The summed E-state index contributed by atoms with van der Waals surface area (Å²) in [4.78, 5) is 4.39. The third-order valence-electron chi connectivity index (χ3n) is 3.84. The van der Waals surface area contributed by atoms with Gasteiger partial charge in [-0.15, -0.1) is 0 Å². The molecule has 2 aromatic rings. The van der Waals surface area contributed by atoms with Gasteiger partial charge in [0.05, 0.1) is 4.90 Å². The summed E-state index contributed by atoms with van der Waals surface area (Å²) in [7, 11) is -3.46. The summed E-state index contributed by atoms with van der Waals surface area (Å²) in [5.41, 5.74) is 5.64. The Hall–Kier alpha value is -1.50. The Balaban J connectivity index is 2.06. The molecule has 1 aliphatic rings. The van der Waals surface area contributed by atoms with Gasteiger partial charge in [-0.2, -0.15) is 4.31 Å². The number of hydrogen-bond acceptors (Lipinski definition) is 4. The van der Waals surface area contributed by atoms with Crippen molar-refractivity contribution in [2.75, 3.05) is 19.6 Å². The molecular weight excluding hydrogens is 274 g/mol. The van der Waals surface area contributed by atoms with Gasteiger partial charge in [-0.25, -0.2) is 8.42 Å². The Bertz CT molecular complexity index is 725. The molecule has 5 nitrogen and oxygen atoms in total. The average Bonchev–Trinajstić information content (AvgIpc) is 2.96. The number of fused-ring (bicyclic) bond motifs is 1. The summed E-state index contributed by atoms with van der Waals surface area (Å²) in [5.74, 6) is 0.265. The van der Waals surface area contributed by atoms with Crippen molar-refractivity contribution in [2.24, 2.45) is 11.7 Å². The van der Waals surface area contributed by atoms with E-state index in [0.717, 1.165) is 17.2 Å². The van der Waals surface area contributed by atoms with Crippen LogP contribution >= 0.6 is 0 Å². The van der Waals surface area contributed by atoms with E-state index < -0.39 is 10.0 Å². The van der Waals surface area contributed by atoms with Gasteiger partial charge in [0.1, 0.15) is 0 Å². The van der Waals surface area contributed by atoms with E-state index in [9.17, 15) is 8.42 Å². The summed E-state index contributed by atoms with van der Waals surface area (Å²) in [6.45, 7) is 1.59. The molecule has 1 aromatic carbocycles. The van der Waals surface area contributed by atoms with Crippen LogP contribution in [0.2, 0.25) is 0 Å². The first-order valence-corrected chi connectivity index (χ1v) is 8.10. The molecule has 1 fully saturated rings. The molecule has 1 saturated heterocycles. The van der Waals surface area contributed by atoms with Crippen molar-refractivity contribution < 1.29 is 8.42 Å². The standard InChI is InChI=1S/C14H17N3O2S/c15-8-11-5-7-17(10-11)20(18,19)14-3-1-2-12-9-16-6-4-13(12)14/h1-4,6,9,11H,5,7-8,10,15H2/t11-/m1/s1. The molecule has 106 valence electrons. The molecule has 2 heterocycles. The van der Waals surface area contributed by atoms with E-state index >= 15 is 0 Å². The maximum Gasteiger partial charge on any atom is 0.243 e. The number of nitrogens with two attached hydrogens (primary N) is 1. The molecule has 0 radical (unpaired) electrons. The number of sulfonamides is 1. The van der Waals surface area contributed by atoms with Crippen LogP contribution in [-0.2, 0) is 10.0 Å². The predicted octanol–water partition coefficient (Wildman–Crippen LogP) is 1.20. The van der Waals surface area contributed by atoms with Crippen molar-refractivity contribution >= 4 is 20.8 Å². The van der Waals surface area contributed by atoms with Crippen molar-refractivity contribution in [3.05, 3.63) is 36.7 Å². The molecule has 1 aliphatic heterocycles. The minimum absolute atomic E-state index is 0.265. The highest BCUT2D eigenvalue weighted by Gasteiger charge is 2.32. The monoisotopic (exact) mass is 291 g/mol. The van der Waals surface area contributed by atoms with Gasteiger partial charge >= 0.3 is 0 Å². The fraction of sp³-hybridized carbons (Fsp3) is 0.357. The smallest absolute Gasteiger partial charge is 0.243 e. The molecule has 0 unspecified atom stereocenters. The number of nitrogens with zero attached hydrogens (tertiary/aromatic N) is 2. The van der Waals surface area contributed by atoms with E-state index in [2.05, 4.69) is 4.98 Å². The maximum absolute atomic E-state index is 12.8. The Labute approximate surface area is 118 Å². The summed E-state index contributed by atoms with van der Waals surface area (Å²) in [5, 5.41) is 1.56. The lowest BCUT2D eigenvalue weighted by Gasteiger charge is -2.17. The van der Waals surface area contributed by atoms with Crippen LogP contribution in [-0.4, -0.2) is 37.3 Å². The zero-order valence-corrected chi connectivity index (χ0v) is 11.9. The molecule has 0 bridgehead atoms. The van der Waals surface area contributed by atoms with Gasteiger partial charge in [-0.1, -0.05) is 12.1 Å². The normalized spacial score (nSPS) is 20.6. The summed E-state index contributed by atoms with van der Waals surface area (Å²) in [6.07, 6.45) is 4.14. The van der Waals surface area contributed by atoms with Crippen LogP contribution in [0.4, 0.5) is 0 Å². The molecule has 0 aliphatic carbocycles. The highest BCUT2D eigenvalue weighted by Crippen LogP contribution is 2.28. The number of pyridine rings is 1. The van der Waals surface area contributed by atoms with Gasteiger partial charge in [0.15, 0.2) is 0 Å². The van der Waals surface area contributed by atoms with Crippen LogP contribution in [0.5, 0.6) is 0 Å². The van der Waals surface area contributed by atoms with Crippen molar-refractivity contribution in [1.82, 2.24) is 9.29 Å². The van der Waals surface area contributed by atoms with Gasteiger partial charge in [-0.05, 0) is 31.0 Å². The lowest BCUT2D eigenvalue weighted by molar-refractivity contribution is 0.460. The predicted molar refractivity (Wildman–Crippen MR) is 77.7 cm³/mol. The van der Waals surface area contributed by atoms with Gasteiger partial charge in [-0.3, -0.25) is 4.98 Å². The van der Waals surface area contributed by atoms with Crippen molar-refractivity contribution in [1.29, 1.82) is 0 Å². The van der Waals surface area contributed by atoms with E-state index in [4.69, 9.17) is 5.73 Å². The van der Waals surface area contributed by atoms with Crippen LogP contribution in [0, 0.1) is 5.92 Å². The van der Waals surface area contributed by atoms with E-state index in [1.165, 1.54) is 0 Å². The van der Waals surface area contributed by atoms with Crippen molar-refractivity contribution in [3.8, 4) is 0 Å². The Morgan fingerprint density at radius 3 is 2.95 bits per heavy atom. The van der Waals surface area contributed by atoms with Crippen LogP contribution in [0.15, 0.2) is 41.6 Å². The lowest BCUT2D eigenvalue weighted by Crippen LogP contribution is -2.30. The van der Waals surface area contributed by atoms with Crippen LogP contribution < -0.4 is 5.73 Å². The second-order valence-electron chi connectivity index (χ2n) is 5.11. The third-order valence-corrected chi connectivity index (χ3v) is 5.76. The van der Waals surface area contributed by atoms with E-state index in [1.54, 1.807) is 34.9 Å². The number of aromatic nitrogens is 1. The van der Waals surface area contributed by atoms with Crippen LogP contribution in [0.1, 0.15) is 6.42 Å². The second-order valence-corrected chi connectivity index (χ2v) is 7.01. The molecule has 0 spiro atoms. The molecule has 1 aromatic heterocycles. The Kier molecular flexibility index (Phi) is 3.45. The molecular formula is C14H17N3O2S. The minimum Gasteiger partial charge on any atom is -0.330 e. The maximum atomic E-state index is 12.8. The first-order chi connectivity index (χ1) is 9.63. The van der Waals surface area contributed by atoms with Gasteiger partial charge in [0.25, 0.3) is 0 Å². The summed E-state index contributed by atoms with van der Waals surface area (Å²) >= 11 is 0. The zero-order chi connectivity index (χ0) is 14.2. The van der Waals surface area contributed by atoms with E-state index in [1.807, 2.05) is 6.07 Å². The van der Waals surface area contributed by atoms with Crippen LogP contribution in [0.3, 0.4) is 0 Å². The highest BCUT2D eigenvalue weighted by molar-refractivity contribution is 7.89.